The minimum absolute atomic E-state index is 0.880. The number of aryl methyl sites for hydroxylation is 1. The second-order valence-corrected chi connectivity index (χ2v) is 4.14. The van der Waals surface area contributed by atoms with Crippen molar-refractivity contribution < 1.29 is 0 Å². The highest BCUT2D eigenvalue weighted by Gasteiger charge is 1.99. The number of allylic oxidation sites excluding steroid dienone is 1. The summed E-state index contributed by atoms with van der Waals surface area (Å²) in [5, 5.41) is 4.08. The number of hydrogen-bond donors (Lipinski definition) is 1. The maximum absolute atomic E-state index is 6.13. The molecule has 0 aromatic heterocycles. The smallest absolute Gasteiger partial charge is 0.0440 e. The fourth-order valence-corrected chi connectivity index (χ4v) is 1.79. The first-order chi connectivity index (χ1) is 8.13. The van der Waals surface area contributed by atoms with E-state index in [1.54, 1.807) is 0 Å². The van der Waals surface area contributed by atoms with Crippen molar-refractivity contribution in [1.29, 1.82) is 0 Å². The van der Waals surface area contributed by atoms with Crippen molar-refractivity contribution in [1.82, 2.24) is 5.32 Å². The molecule has 96 valence electrons. The second kappa shape index (κ2) is 9.12. The molecule has 0 spiro atoms. The zero-order valence-electron chi connectivity index (χ0n) is 11.4. The molecule has 1 aromatic rings. The van der Waals surface area contributed by atoms with Crippen LogP contribution in [0.5, 0.6) is 0 Å². The van der Waals surface area contributed by atoms with Gasteiger partial charge in [0.1, 0.15) is 0 Å². The van der Waals surface area contributed by atoms with E-state index in [2.05, 4.69) is 37.0 Å². The van der Waals surface area contributed by atoms with Gasteiger partial charge in [-0.1, -0.05) is 51.1 Å². The van der Waals surface area contributed by atoms with E-state index in [-0.39, 0.29) is 0 Å². The van der Waals surface area contributed by atoms with E-state index in [0.717, 1.165) is 30.1 Å². The molecular weight excluding hydrogens is 230 g/mol. The topological polar surface area (TPSA) is 12.0 Å². The summed E-state index contributed by atoms with van der Waals surface area (Å²) in [6.07, 6.45) is 1.97. The summed E-state index contributed by atoms with van der Waals surface area (Å²) in [5.74, 6) is 0. The molecule has 1 aromatic carbocycles. The Kier molecular flexibility index (Phi) is 8.61. The van der Waals surface area contributed by atoms with Gasteiger partial charge < -0.3 is 5.32 Å². The Hall–Kier alpha value is -0.950. The first-order valence-corrected chi connectivity index (χ1v) is 6.68. The molecular formula is C15H24ClN. The maximum atomic E-state index is 6.13. The lowest BCUT2D eigenvalue weighted by atomic mass is 10.1. The molecule has 0 fully saturated rings. The van der Waals surface area contributed by atoms with Crippen LogP contribution in [0.4, 0.5) is 0 Å². The Bertz CT molecular complexity index is 345. The Balaban J connectivity index is 0.00000121. The molecule has 0 aliphatic heterocycles. The predicted octanol–water partition coefficient (Wildman–Crippen LogP) is 4.59. The maximum Gasteiger partial charge on any atom is 0.0440 e. The van der Waals surface area contributed by atoms with Gasteiger partial charge in [-0.2, -0.15) is 0 Å². The summed E-state index contributed by atoms with van der Waals surface area (Å²) in [5.41, 5.74) is 3.49. The third-order valence-corrected chi connectivity index (χ3v) is 2.69. The SMILES string of the molecule is C=C(C)NCCc1ccc(CC)c(Cl)c1.CC. The van der Waals surface area contributed by atoms with Crippen LogP contribution < -0.4 is 5.32 Å². The van der Waals surface area contributed by atoms with Crippen LogP contribution in [0.1, 0.15) is 38.8 Å². The highest BCUT2D eigenvalue weighted by Crippen LogP contribution is 2.18. The molecule has 0 aliphatic carbocycles. The predicted molar refractivity (Wildman–Crippen MR) is 78.7 cm³/mol. The Morgan fingerprint density at radius 3 is 2.47 bits per heavy atom. The number of nitrogens with one attached hydrogen (secondary N) is 1. The number of halogens is 1. The van der Waals surface area contributed by atoms with E-state index in [0.29, 0.717) is 0 Å². The zero-order valence-corrected chi connectivity index (χ0v) is 12.2. The van der Waals surface area contributed by atoms with Gasteiger partial charge in [0.15, 0.2) is 0 Å². The molecule has 0 bridgehead atoms. The fourth-order valence-electron chi connectivity index (χ4n) is 1.45. The van der Waals surface area contributed by atoms with Gasteiger partial charge in [0, 0.05) is 17.3 Å². The number of benzene rings is 1. The Morgan fingerprint density at radius 1 is 1.35 bits per heavy atom. The van der Waals surface area contributed by atoms with Crippen LogP contribution in [-0.2, 0) is 12.8 Å². The van der Waals surface area contributed by atoms with Crippen LogP contribution in [0.3, 0.4) is 0 Å². The van der Waals surface area contributed by atoms with Gasteiger partial charge in [0.25, 0.3) is 0 Å². The molecule has 0 amide bonds. The largest absolute Gasteiger partial charge is 0.389 e. The average molecular weight is 254 g/mol. The minimum atomic E-state index is 0.880. The van der Waals surface area contributed by atoms with Crippen LogP contribution in [0.2, 0.25) is 5.02 Å². The Morgan fingerprint density at radius 2 is 2.00 bits per heavy atom. The molecule has 0 unspecified atom stereocenters. The van der Waals surface area contributed by atoms with Gasteiger partial charge in [0.05, 0.1) is 0 Å². The van der Waals surface area contributed by atoms with Crippen molar-refractivity contribution in [2.24, 2.45) is 0 Å². The van der Waals surface area contributed by atoms with Gasteiger partial charge in [-0.25, -0.2) is 0 Å². The monoisotopic (exact) mass is 253 g/mol. The first kappa shape index (κ1) is 16.1. The van der Waals surface area contributed by atoms with E-state index in [1.165, 1.54) is 11.1 Å². The Labute approximate surface area is 111 Å². The normalized spacial score (nSPS) is 9.24. The molecule has 0 saturated carbocycles. The molecule has 1 rings (SSSR count). The summed E-state index contributed by atoms with van der Waals surface area (Å²) >= 11 is 6.13. The van der Waals surface area contributed by atoms with Gasteiger partial charge in [-0.15, -0.1) is 0 Å². The average Bonchev–Trinajstić information content (AvgIpc) is 2.31. The minimum Gasteiger partial charge on any atom is -0.389 e. The number of rotatable bonds is 5. The molecule has 1 nitrogen and oxygen atoms in total. The van der Waals surface area contributed by atoms with Crippen LogP contribution >= 0.6 is 11.6 Å². The summed E-state index contributed by atoms with van der Waals surface area (Å²) < 4.78 is 0. The van der Waals surface area contributed by atoms with Crippen molar-refractivity contribution in [3.8, 4) is 0 Å². The second-order valence-electron chi connectivity index (χ2n) is 3.74. The zero-order chi connectivity index (χ0) is 13.3. The van der Waals surface area contributed by atoms with Gasteiger partial charge in [-0.05, 0) is 37.0 Å². The van der Waals surface area contributed by atoms with Crippen LogP contribution in [0.15, 0.2) is 30.5 Å². The van der Waals surface area contributed by atoms with E-state index in [9.17, 15) is 0 Å². The first-order valence-electron chi connectivity index (χ1n) is 6.30. The molecule has 0 aliphatic rings. The molecule has 0 heterocycles. The van der Waals surface area contributed by atoms with Crippen molar-refractivity contribution in [2.75, 3.05) is 6.54 Å². The highest BCUT2D eigenvalue weighted by atomic mass is 35.5. The third-order valence-electron chi connectivity index (χ3n) is 2.34. The van der Waals surface area contributed by atoms with Crippen LogP contribution in [0, 0.1) is 0 Å². The summed E-state index contributed by atoms with van der Waals surface area (Å²) in [6.45, 7) is 12.8. The summed E-state index contributed by atoms with van der Waals surface area (Å²) in [4.78, 5) is 0. The standard InChI is InChI=1S/C13H18ClN.C2H6/c1-4-12-6-5-11(9-13(12)14)7-8-15-10(2)3;1-2/h5-6,9,15H,2,4,7-8H2,1,3H3;1-2H3. The lowest BCUT2D eigenvalue weighted by Crippen LogP contribution is -2.13. The molecule has 0 saturated heterocycles. The number of hydrogen-bond acceptors (Lipinski definition) is 1. The van der Waals surface area contributed by atoms with Crippen molar-refractivity contribution in [3.05, 3.63) is 46.6 Å². The molecule has 1 N–H and O–H groups in total. The van der Waals surface area contributed by atoms with Crippen LogP contribution in [-0.4, -0.2) is 6.54 Å². The van der Waals surface area contributed by atoms with Crippen molar-refractivity contribution in [3.63, 3.8) is 0 Å². The molecule has 17 heavy (non-hydrogen) atoms. The van der Waals surface area contributed by atoms with Gasteiger partial charge in [-0.3, -0.25) is 0 Å². The summed E-state index contributed by atoms with van der Waals surface area (Å²) in [6, 6.07) is 6.31. The van der Waals surface area contributed by atoms with E-state index >= 15 is 0 Å². The van der Waals surface area contributed by atoms with Crippen LogP contribution in [0.25, 0.3) is 0 Å². The third kappa shape index (κ3) is 6.38. The van der Waals surface area contributed by atoms with E-state index in [1.807, 2.05) is 20.8 Å². The lowest BCUT2D eigenvalue weighted by molar-refractivity contribution is 0.791. The molecule has 2 heteroatoms. The lowest BCUT2D eigenvalue weighted by Gasteiger charge is -2.07. The van der Waals surface area contributed by atoms with Gasteiger partial charge in [0.2, 0.25) is 0 Å². The van der Waals surface area contributed by atoms with E-state index in [4.69, 9.17) is 11.6 Å². The summed E-state index contributed by atoms with van der Waals surface area (Å²) in [7, 11) is 0. The van der Waals surface area contributed by atoms with Crippen molar-refractivity contribution >= 4 is 11.6 Å². The van der Waals surface area contributed by atoms with Gasteiger partial charge >= 0.3 is 0 Å². The van der Waals surface area contributed by atoms with E-state index < -0.39 is 0 Å². The molecule has 0 atom stereocenters. The van der Waals surface area contributed by atoms with Crippen molar-refractivity contribution in [2.45, 2.75) is 40.5 Å². The quantitative estimate of drug-likeness (QED) is 0.809. The molecule has 0 radical (unpaired) electrons. The fraction of sp³-hybridized carbons (Fsp3) is 0.467. The highest BCUT2D eigenvalue weighted by molar-refractivity contribution is 6.31.